The van der Waals surface area contributed by atoms with Gasteiger partial charge >= 0.3 is 0 Å². The van der Waals surface area contributed by atoms with Crippen molar-refractivity contribution in [3.05, 3.63) is 0 Å². The van der Waals surface area contributed by atoms with Crippen molar-refractivity contribution >= 4 is 0 Å². The first-order chi connectivity index (χ1) is 18.4. The second-order valence-electron chi connectivity index (χ2n) is 16.4. The molecule has 48 heavy (non-hydrogen) atoms. The number of likely N-dealkylation sites (N-methyl/N-ethyl adjacent to an activating group) is 6. The Bertz CT molecular complexity index is 429. The van der Waals surface area contributed by atoms with Gasteiger partial charge in [0.05, 0.1) is 166 Å². The topological polar surface area (TPSA) is 121 Å². The van der Waals surface area contributed by atoms with Crippen LogP contribution in [-0.2, 0) is 0 Å². The SMILES string of the molecule is C[N+](C)(C)CCO.C[N+](C)(C)CCO.C[N+](C)(C)CCO.C[N+](C)(C)CCO.C[N+](C)(C)CCO.C[N+](C)(C)CCO.[Cl-].[Cl-].[Cl-].[Cl-].[Cl-].[Cl-]. The smallest absolute Gasteiger partial charge is 0.101 e. The Morgan fingerprint density at radius 2 is 0.271 bits per heavy atom. The summed E-state index contributed by atoms with van der Waals surface area (Å²) in [6.07, 6.45) is 0. The van der Waals surface area contributed by atoms with E-state index in [2.05, 4.69) is 127 Å². The van der Waals surface area contributed by atoms with Crippen molar-refractivity contribution < 1.29 is 132 Å². The summed E-state index contributed by atoms with van der Waals surface area (Å²) in [6.45, 7) is 6.69. The molecule has 18 heteroatoms. The average molecular weight is 838 g/mol. The maximum absolute atomic E-state index is 8.39. The van der Waals surface area contributed by atoms with E-state index in [0.717, 1.165) is 66.2 Å². The molecule has 0 unspecified atom stereocenters. The molecule has 0 aliphatic carbocycles. The van der Waals surface area contributed by atoms with Gasteiger partial charge in [0.15, 0.2) is 0 Å². The normalized spacial score (nSPS) is 10.5. The van der Waals surface area contributed by atoms with Crippen molar-refractivity contribution in [1.82, 2.24) is 0 Å². The lowest BCUT2D eigenvalue weighted by atomic mass is 10.5. The van der Waals surface area contributed by atoms with Crippen molar-refractivity contribution in [2.45, 2.75) is 0 Å². The van der Waals surface area contributed by atoms with Crippen LogP contribution in [0.4, 0.5) is 0 Å². The molecule has 0 aromatic carbocycles. The molecule has 12 nitrogen and oxygen atoms in total. The summed E-state index contributed by atoms with van der Waals surface area (Å²) < 4.78 is 5.06. The second kappa shape index (κ2) is 44.4. The molecule has 0 aliphatic rings. The summed E-state index contributed by atoms with van der Waals surface area (Å²) in [5.41, 5.74) is 0. The summed E-state index contributed by atoms with van der Waals surface area (Å²) in [4.78, 5) is 0. The third-order valence-corrected chi connectivity index (χ3v) is 4.62. The molecule has 0 saturated carbocycles. The minimum atomic E-state index is 0. The number of aliphatic hydroxyl groups excluding tert-OH is 6. The number of quaternary nitrogens is 6. The molecule has 0 amide bonds. The van der Waals surface area contributed by atoms with Gasteiger partial charge < -0.3 is 132 Å². The van der Waals surface area contributed by atoms with Crippen LogP contribution in [0.15, 0.2) is 0 Å². The lowest BCUT2D eigenvalue weighted by Crippen LogP contribution is -3.00. The first-order valence-electron chi connectivity index (χ1n) is 14.8. The minimum Gasteiger partial charge on any atom is -1.00 e. The molecule has 0 atom stereocenters. The van der Waals surface area contributed by atoms with E-state index in [1.807, 2.05) is 0 Å². The maximum Gasteiger partial charge on any atom is 0.101 e. The lowest BCUT2D eigenvalue weighted by Gasteiger charge is -2.21. The fourth-order valence-electron chi connectivity index (χ4n) is 1.80. The van der Waals surface area contributed by atoms with Gasteiger partial charge in [-0.05, 0) is 0 Å². The Hall–Kier alpha value is 1.26. The molecule has 0 saturated heterocycles. The standard InChI is InChI=1S/6C5H14NO.6ClH/c6*1-6(2,3)4-5-7;;;;;;/h6*7H,4-5H2,1-3H3;6*1H/q6*+1;;;;;;/p-6. The summed E-state index contributed by atoms with van der Waals surface area (Å²) in [6, 6.07) is 0. The van der Waals surface area contributed by atoms with E-state index in [1.165, 1.54) is 0 Å². The summed E-state index contributed by atoms with van der Waals surface area (Å²) in [5, 5.41) is 50.3. The van der Waals surface area contributed by atoms with Crippen LogP contribution in [0.2, 0.25) is 0 Å². The van der Waals surface area contributed by atoms with Crippen LogP contribution in [0.1, 0.15) is 0 Å². The monoisotopic (exact) mass is 834 g/mol. The van der Waals surface area contributed by atoms with E-state index in [9.17, 15) is 0 Å². The first-order valence-corrected chi connectivity index (χ1v) is 14.8. The fraction of sp³-hybridized carbons (Fsp3) is 1.00. The maximum atomic E-state index is 8.39. The third-order valence-electron chi connectivity index (χ3n) is 4.62. The van der Waals surface area contributed by atoms with Crippen molar-refractivity contribution in [1.29, 1.82) is 0 Å². The first kappa shape index (κ1) is 82.6. The summed E-state index contributed by atoms with van der Waals surface area (Å²) in [7, 11) is 36.9. The molecular weight excluding hydrogens is 753 g/mol. The van der Waals surface area contributed by atoms with Crippen LogP contribution in [0, 0.1) is 0 Å². The molecule has 0 heterocycles. The van der Waals surface area contributed by atoms with Gasteiger partial charge in [0, 0.05) is 0 Å². The van der Waals surface area contributed by atoms with Gasteiger partial charge in [-0.1, -0.05) is 0 Å². The van der Waals surface area contributed by atoms with E-state index in [0.29, 0.717) is 0 Å². The Kier molecular flexibility index (Phi) is 76.5. The minimum absolute atomic E-state index is 0. The molecule has 312 valence electrons. The molecule has 6 N–H and O–H groups in total. The van der Waals surface area contributed by atoms with Crippen molar-refractivity contribution in [2.24, 2.45) is 0 Å². The van der Waals surface area contributed by atoms with Crippen LogP contribution in [0.3, 0.4) is 0 Å². The number of hydrogen-bond acceptors (Lipinski definition) is 6. The Labute approximate surface area is 336 Å². The third kappa shape index (κ3) is 159. The Morgan fingerprint density at radius 3 is 0.271 bits per heavy atom. The van der Waals surface area contributed by atoms with Gasteiger partial charge in [-0.2, -0.15) is 0 Å². The van der Waals surface area contributed by atoms with Gasteiger partial charge in [0.1, 0.15) is 39.3 Å². The average Bonchev–Trinajstić information content (AvgIpc) is 2.64. The molecular formula is C30H84Cl6N6O6. The molecule has 0 radical (unpaired) electrons. The largest absolute Gasteiger partial charge is 1.00 e. The molecule has 0 bridgehead atoms. The zero-order valence-electron chi connectivity index (χ0n) is 34.1. The summed E-state index contributed by atoms with van der Waals surface area (Å²) in [5.74, 6) is 0. The number of aliphatic hydroxyl groups is 6. The predicted molar refractivity (Wildman–Crippen MR) is 180 cm³/mol. The predicted octanol–water partition coefficient (Wildman–Crippen LogP) is -19.9. The lowest BCUT2D eigenvalue weighted by molar-refractivity contribution is -0.870. The van der Waals surface area contributed by atoms with E-state index < -0.39 is 0 Å². The highest BCUT2D eigenvalue weighted by atomic mass is 35.5. The summed E-state index contributed by atoms with van der Waals surface area (Å²) >= 11 is 0. The highest BCUT2D eigenvalue weighted by molar-refractivity contribution is 4.22. The van der Waals surface area contributed by atoms with Gasteiger partial charge in [0.2, 0.25) is 0 Å². The van der Waals surface area contributed by atoms with Gasteiger partial charge in [-0.15, -0.1) is 0 Å². The van der Waals surface area contributed by atoms with E-state index in [1.54, 1.807) is 0 Å². The van der Waals surface area contributed by atoms with E-state index in [-0.39, 0.29) is 114 Å². The quantitative estimate of drug-likeness (QED) is 0.109. The molecule has 0 aromatic rings. The molecule has 0 aliphatic heterocycles. The van der Waals surface area contributed by atoms with Gasteiger partial charge in [-0.25, -0.2) is 0 Å². The Morgan fingerprint density at radius 1 is 0.208 bits per heavy atom. The van der Waals surface area contributed by atoms with Crippen LogP contribution < -0.4 is 74.4 Å². The van der Waals surface area contributed by atoms with E-state index >= 15 is 0 Å². The van der Waals surface area contributed by atoms with Crippen LogP contribution in [0.5, 0.6) is 0 Å². The number of nitrogens with zero attached hydrogens (tertiary/aromatic N) is 6. The molecule has 0 aromatic heterocycles. The molecule has 0 fully saturated rings. The van der Waals surface area contributed by atoms with Crippen molar-refractivity contribution in [3.63, 3.8) is 0 Å². The van der Waals surface area contributed by atoms with E-state index in [4.69, 9.17) is 30.6 Å². The molecule has 0 rings (SSSR count). The zero-order valence-corrected chi connectivity index (χ0v) is 38.7. The Balaban J connectivity index is -0.0000000316. The second-order valence-corrected chi connectivity index (χ2v) is 16.4. The van der Waals surface area contributed by atoms with Crippen molar-refractivity contribution in [3.8, 4) is 0 Å². The van der Waals surface area contributed by atoms with Gasteiger partial charge in [0.25, 0.3) is 0 Å². The zero-order chi connectivity index (χ0) is 35.5. The van der Waals surface area contributed by atoms with Crippen molar-refractivity contribution in [2.75, 3.05) is 206 Å². The number of hydrogen-bond donors (Lipinski definition) is 6. The fourth-order valence-corrected chi connectivity index (χ4v) is 1.80. The highest BCUT2D eigenvalue weighted by Gasteiger charge is 2.05. The van der Waals surface area contributed by atoms with Crippen LogP contribution in [0.25, 0.3) is 0 Å². The molecule has 0 spiro atoms. The van der Waals surface area contributed by atoms with Gasteiger partial charge in [-0.3, -0.25) is 0 Å². The highest BCUT2D eigenvalue weighted by Crippen LogP contribution is 1.87. The number of rotatable bonds is 12. The van der Waals surface area contributed by atoms with Crippen LogP contribution in [-0.4, -0.2) is 263 Å². The van der Waals surface area contributed by atoms with Crippen LogP contribution >= 0.6 is 0 Å². The number of halogens is 6.